The van der Waals surface area contributed by atoms with Crippen molar-refractivity contribution in [2.45, 2.75) is 18.2 Å². The van der Waals surface area contributed by atoms with Crippen molar-refractivity contribution >= 4 is 28.6 Å². The van der Waals surface area contributed by atoms with Gasteiger partial charge in [0.15, 0.2) is 5.16 Å². The van der Waals surface area contributed by atoms with E-state index in [4.69, 9.17) is 0 Å². The van der Waals surface area contributed by atoms with E-state index in [1.54, 1.807) is 36.4 Å². The zero-order valence-corrected chi connectivity index (χ0v) is 15.3. The molecule has 5 nitrogen and oxygen atoms in total. The van der Waals surface area contributed by atoms with E-state index in [1.165, 1.54) is 28.5 Å². The zero-order chi connectivity index (χ0) is 19.2. The van der Waals surface area contributed by atoms with Crippen molar-refractivity contribution in [1.82, 2.24) is 14.9 Å². The van der Waals surface area contributed by atoms with Crippen molar-refractivity contribution < 1.29 is 9.18 Å². The van der Waals surface area contributed by atoms with Crippen molar-refractivity contribution in [2.24, 2.45) is 0 Å². The van der Waals surface area contributed by atoms with Gasteiger partial charge in [0.1, 0.15) is 5.82 Å². The topological polar surface area (TPSA) is 64.0 Å². The van der Waals surface area contributed by atoms with E-state index in [0.29, 0.717) is 29.1 Å². The van der Waals surface area contributed by atoms with Gasteiger partial charge in [-0.15, -0.1) is 6.58 Å². The lowest BCUT2D eigenvalue weighted by atomic mass is 10.2. The number of nitrogens with one attached hydrogen (secondary N) is 1. The Labute approximate surface area is 159 Å². The number of para-hydroxylation sites is 1. The minimum absolute atomic E-state index is 0.114. The number of aromatic nitrogens is 2. The Morgan fingerprint density at radius 2 is 1.96 bits per heavy atom. The second kappa shape index (κ2) is 8.64. The van der Waals surface area contributed by atoms with Crippen LogP contribution in [0.2, 0.25) is 0 Å². The molecule has 0 radical (unpaired) electrons. The molecule has 1 N–H and O–H groups in total. The highest BCUT2D eigenvalue weighted by Gasteiger charge is 2.12. The summed E-state index contributed by atoms with van der Waals surface area (Å²) in [7, 11) is 0. The van der Waals surface area contributed by atoms with Gasteiger partial charge in [-0.25, -0.2) is 9.37 Å². The van der Waals surface area contributed by atoms with Crippen LogP contribution in [-0.4, -0.2) is 21.2 Å². The fourth-order valence-corrected chi connectivity index (χ4v) is 3.37. The van der Waals surface area contributed by atoms with Crippen molar-refractivity contribution in [1.29, 1.82) is 0 Å². The molecular weight excluding hydrogens is 365 g/mol. The predicted molar refractivity (Wildman–Crippen MR) is 105 cm³/mol. The number of rotatable bonds is 7. The molecule has 138 valence electrons. The number of nitrogens with zero attached hydrogens (tertiary/aromatic N) is 2. The number of carbonyl (C=O) groups excluding carboxylic acids is 1. The lowest BCUT2D eigenvalue weighted by Crippen LogP contribution is -2.26. The first-order valence-corrected chi connectivity index (χ1v) is 9.31. The van der Waals surface area contributed by atoms with Gasteiger partial charge in [0.2, 0.25) is 5.91 Å². The summed E-state index contributed by atoms with van der Waals surface area (Å²) in [4.78, 5) is 29.3. The maximum absolute atomic E-state index is 12.9. The Balaban J connectivity index is 1.71. The quantitative estimate of drug-likeness (QED) is 0.387. The summed E-state index contributed by atoms with van der Waals surface area (Å²) >= 11 is 1.19. The van der Waals surface area contributed by atoms with Crippen LogP contribution >= 0.6 is 11.8 Å². The van der Waals surface area contributed by atoms with Crippen LogP contribution in [0.5, 0.6) is 0 Å². The van der Waals surface area contributed by atoms with Crippen LogP contribution in [0.1, 0.15) is 5.56 Å². The van der Waals surface area contributed by atoms with Crippen LogP contribution in [0.3, 0.4) is 0 Å². The standard InChI is InChI=1S/C20H18FN3O2S/c1-2-11-24-19(26)16-5-3-4-6-17(16)23-20(24)27-13-18(25)22-12-14-7-9-15(21)10-8-14/h2-10H,1,11-13H2,(H,22,25). The number of amides is 1. The van der Waals surface area contributed by atoms with Crippen LogP contribution in [0.15, 0.2) is 71.1 Å². The minimum atomic E-state index is -0.316. The third-order valence-electron chi connectivity index (χ3n) is 3.87. The number of fused-ring (bicyclic) bond motifs is 1. The first kappa shape index (κ1) is 18.8. The summed E-state index contributed by atoms with van der Waals surface area (Å²) in [5, 5.41) is 3.77. The average Bonchev–Trinajstić information content (AvgIpc) is 2.68. The number of carbonyl (C=O) groups is 1. The fraction of sp³-hybridized carbons (Fsp3) is 0.150. The van der Waals surface area contributed by atoms with Gasteiger partial charge < -0.3 is 5.32 Å². The maximum atomic E-state index is 12.9. The first-order chi connectivity index (χ1) is 13.1. The summed E-state index contributed by atoms with van der Waals surface area (Å²) in [5.74, 6) is -0.400. The average molecular weight is 383 g/mol. The largest absolute Gasteiger partial charge is 0.351 e. The van der Waals surface area contributed by atoms with Crippen molar-refractivity contribution in [3.8, 4) is 0 Å². The minimum Gasteiger partial charge on any atom is -0.351 e. The molecule has 2 aromatic carbocycles. The van der Waals surface area contributed by atoms with E-state index in [0.717, 1.165) is 5.56 Å². The predicted octanol–water partition coefficient (Wildman–Crippen LogP) is 3.13. The molecule has 0 atom stereocenters. The molecule has 0 bridgehead atoms. The lowest BCUT2D eigenvalue weighted by Gasteiger charge is -2.11. The van der Waals surface area contributed by atoms with E-state index in [9.17, 15) is 14.0 Å². The smallest absolute Gasteiger partial charge is 0.262 e. The SMILES string of the molecule is C=CCn1c(SCC(=O)NCc2ccc(F)cc2)nc2ccccc2c1=O. The molecule has 0 unspecified atom stereocenters. The normalized spacial score (nSPS) is 10.7. The molecule has 0 saturated heterocycles. The molecule has 3 aromatic rings. The highest BCUT2D eigenvalue weighted by atomic mass is 32.2. The van der Waals surface area contributed by atoms with E-state index in [1.807, 2.05) is 6.07 Å². The first-order valence-electron chi connectivity index (χ1n) is 8.33. The summed E-state index contributed by atoms with van der Waals surface area (Å²) < 4.78 is 14.4. The number of benzene rings is 2. The fourth-order valence-electron chi connectivity index (χ4n) is 2.53. The number of halogens is 1. The molecule has 3 rings (SSSR count). The number of hydrogen-bond donors (Lipinski definition) is 1. The van der Waals surface area contributed by atoms with Crippen LogP contribution in [0, 0.1) is 5.82 Å². The Kier molecular flexibility index (Phi) is 6.03. The van der Waals surface area contributed by atoms with Crippen molar-refractivity contribution in [2.75, 3.05) is 5.75 Å². The van der Waals surface area contributed by atoms with Crippen LogP contribution < -0.4 is 10.9 Å². The molecular formula is C20H18FN3O2S. The molecule has 27 heavy (non-hydrogen) atoms. The van der Waals surface area contributed by atoms with Gasteiger partial charge in [-0.3, -0.25) is 14.2 Å². The molecule has 0 saturated carbocycles. The highest BCUT2D eigenvalue weighted by Crippen LogP contribution is 2.17. The van der Waals surface area contributed by atoms with Gasteiger partial charge in [0.05, 0.1) is 16.7 Å². The molecule has 1 heterocycles. The molecule has 1 aromatic heterocycles. The molecule has 0 spiro atoms. The summed E-state index contributed by atoms with van der Waals surface area (Å²) in [6.07, 6.45) is 1.62. The highest BCUT2D eigenvalue weighted by molar-refractivity contribution is 7.99. The maximum Gasteiger partial charge on any atom is 0.262 e. The number of thioether (sulfide) groups is 1. The second-order valence-corrected chi connectivity index (χ2v) is 6.75. The Morgan fingerprint density at radius 3 is 2.70 bits per heavy atom. The van der Waals surface area contributed by atoms with E-state index < -0.39 is 0 Å². The molecule has 0 aliphatic heterocycles. The summed E-state index contributed by atoms with van der Waals surface area (Å²) in [6.45, 7) is 4.31. The summed E-state index contributed by atoms with van der Waals surface area (Å²) in [5.41, 5.74) is 1.24. The van der Waals surface area contributed by atoms with E-state index in [-0.39, 0.29) is 23.0 Å². The number of hydrogen-bond acceptors (Lipinski definition) is 4. The number of allylic oxidation sites excluding steroid dienone is 1. The van der Waals surface area contributed by atoms with Gasteiger partial charge in [0.25, 0.3) is 5.56 Å². The van der Waals surface area contributed by atoms with Crippen LogP contribution in [0.25, 0.3) is 10.9 Å². The van der Waals surface area contributed by atoms with Crippen molar-refractivity contribution in [3.63, 3.8) is 0 Å². The van der Waals surface area contributed by atoms with Gasteiger partial charge in [0, 0.05) is 13.1 Å². The molecule has 1 amide bonds. The van der Waals surface area contributed by atoms with Crippen LogP contribution in [0.4, 0.5) is 4.39 Å². The third-order valence-corrected chi connectivity index (χ3v) is 4.85. The molecule has 0 aliphatic rings. The lowest BCUT2D eigenvalue weighted by molar-refractivity contribution is -0.118. The Morgan fingerprint density at radius 1 is 1.22 bits per heavy atom. The monoisotopic (exact) mass is 383 g/mol. The van der Waals surface area contributed by atoms with E-state index in [2.05, 4.69) is 16.9 Å². The Hall–Kier alpha value is -2.93. The zero-order valence-electron chi connectivity index (χ0n) is 14.5. The van der Waals surface area contributed by atoms with Crippen LogP contribution in [-0.2, 0) is 17.9 Å². The Bertz CT molecular complexity index is 1030. The second-order valence-electron chi connectivity index (χ2n) is 5.81. The van der Waals surface area contributed by atoms with Gasteiger partial charge >= 0.3 is 0 Å². The molecule has 7 heteroatoms. The van der Waals surface area contributed by atoms with E-state index >= 15 is 0 Å². The summed E-state index contributed by atoms with van der Waals surface area (Å²) in [6, 6.07) is 13.1. The van der Waals surface area contributed by atoms with Gasteiger partial charge in [-0.2, -0.15) is 0 Å². The third kappa shape index (κ3) is 4.62. The van der Waals surface area contributed by atoms with Crippen molar-refractivity contribution in [3.05, 3.63) is 82.9 Å². The van der Waals surface area contributed by atoms with Gasteiger partial charge in [-0.05, 0) is 29.8 Å². The molecule has 0 aliphatic carbocycles. The molecule has 0 fully saturated rings. The van der Waals surface area contributed by atoms with Gasteiger partial charge in [-0.1, -0.05) is 42.1 Å².